The van der Waals surface area contributed by atoms with Gasteiger partial charge < -0.3 is 14.2 Å². The molecule has 0 unspecified atom stereocenters. The first-order chi connectivity index (χ1) is 15.8. The summed E-state index contributed by atoms with van der Waals surface area (Å²) in [4.78, 5) is 22.3. The van der Waals surface area contributed by atoms with E-state index in [0.717, 1.165) is 63.3 Å². The molecule has 7 heteroatoms. The van der Waals surface area contributed by atoms with Crippen molar-refractivity contribution >= 4 is 39.9 Å². The van der Waals surface area contributed by atoms with Gasteiger partial charge in [-0.05, 0) is 53.8 Å². The van der Waals surface area contributed by atoms with Gasteiger partial charge in [-0.25, -0.2) is 14.8 Å². The number of carbonyl (C=O) groups is 1. The maximum Gasteiger partial charge on any atom is 0.339 e. The predicted molar refractivity (Wildman–Crippen MR) is 122 cm³/mol. The van der Waals surface area contributed by atoms with Gasteiger partial charge >= 0.3 is 5.97 Å². The molecule has 0 radical (unpaired) electrons. The Morgan fingerprint density at radius 3 is 2.94 bits per heavy atom. The van der Waals surface area contributed by atoms with Crippen molar-refractivity contribution < 1.29 is 19.0 Å². The lowest BCUT2D eigenvalue weighted by Gasteiger charge is -2.12. The summed E-state index contributed by atoms with van der Waals surface area (Å²) in [5.74, 6) is 1.17. The van der Waals surface area contributed by atoms with Crippen molar-refractivity contribution in [3.05, 3.63) is 81.4 Å². The molecule has 0 saturated heterocycles. The molecule has 0 N–H and O–H groups in total. The van der Waals surface area contributed by atoms with Gasteiger partial charge in [-0.15, -0.1) is 11.3 Å². The number of hydrogen-bond donors (Lipinski definition) is 0. The largest absolute Gasteiger partial charge is 0.456 e. The number of pyridine rings is 1. The second-order valence-corrected chi connectivity index (χ2v) is 8.39. The van der Waals surface area contributed by atoms with Crippen LogP contribution in [0.1, 0.15) is 39.3 Å². The van der Waals surface area contributed by atoms with E-state index < -0.39 is 0 Å². The van der Waals surface area contributed by atoms with Crippen molar-refractivity contribution in [1.29, 1.82) is 0 Å². The van der Waals surface area contributed by atoms with E-state index in [1.165, 1.54) is 11.3 Å². The van der Waals surface area contributed by atoms with Gasteiger partial charge in [-0.3, -0.25) is 0 Å². The minimum absolute atomic E-state index is 0.160. The van der Waals surface area contributed by atoms with Crippen LogP contribution in [0.5, 0.6) is 11.5 Å². The minimum atomic E-state index is -0.336. The lowest BCUT2D eigenvalue weighted by molar-refractivity contribution is 0.0469. The predicted octanol–water partition coefficient (Wildman–Crippen LogP) is 5.26. The first-order valence-electron chi connectivity index (χ1n) is 10.3. The first-order valence-corrected chi connectivity index (χ1v) is 11.3. The molecule has 158 valence electrons. The van der Waals surface area contributed by atoms with Gasteiger partial charge in [0.1, 0.15) is 6.61 Å². The number of esters is 1. The van der Waals surface area contributed by atoms with Crippen LogP contribution in [-0.4, -0.2) is 22.7 Å². The summed E-state index contributed by atoms with van der Waals surface area (Å²) in [6.07, 6.45) is 3.66. The maximum absolute atomic E-state index is 13.2. The molecule has 1 aliphatic heterocycles. The molecule has 6 rings (SSSR count). The van der Waals surface area contributed by atoms with Crippen molar-refractivity contribution in [1.82, 2.24) is 9.97 Å². The Morgan fingerprint density at radius 1 is 1.12 bits per heavy atom. The summed E-state index contributed by atoms with van der Waals surface area (Å²) in [7, 11) is 0. The first kappa shape index (κ1) is 19.0. The Morgan fingerprint density at radius 2 is 2.03 bits per heavy atom. The van der Waals surface area contributed by atoms with Gasteiger partial charge in [0, 0.05) is 10.8 Å². The normalized spacial score (nSPS) is 15.3. The third kappa shape index (κ3) is 3.31. The Balaban J connectivity index is 1.41. The number of para-hydroxylation sites is 1. The molecule has 2 aliphatic rings. The number of fused-ring (bicyclic) bond motifs is 3. The van der Waals surface area contributed by atoms with Crippen molar-refractivity contribution in [3.8, 4) is 11.5 Å². The number of thiazole rings is 1. The molecule has 3 heterocycles. The van der Waals surface area contributed by atoms with E-state index in [4.69, 9.17) is 19.2 Å². The van der Waals surface area contributed by atoms with Crippen LogP contribution in [0.15, 0.2) is 53.4 Å². The Kier molecular flexibility index (Phi) is 4.61. The molecule has 2 aromatic carbocycles. The summed E-state index contributed by atoms with van der Waals surface area (Å²) in [6, 6.07) is 13.6. The summed E-state index contributed by atoms with van der Waals surface area (Å²) in [5.41, 5.74) is 7.79. The summed E-state index contributed by atoms with van der Waals surface area (Å²) < 4.78 is 16.6. The van der Waals surface area contributed by atoms with Crippen LogP contribution in [0.4, 0.5) is 0 Å². The van der Waals surface area contributed by atoms with E-state index >= 15 is 0 Å². The average molecular weight is 442 g/mol. The summed E-state index contributed by atoms with van der Waals surface area (Å²) in [6.45, 7) is 0.408. The highest BCUT2D eigenvalue weighted by Gasteiger charge is 2.28. The second-order valence-electron chi connectivity index (χ2n) is 7.67. The van der Waals surface area contributed by atoms with E-state index in [0.29, 0.717) is 5.56 Å². The molecule has 0 spiro atoms. The molecule has 0 fully saturated rings. The SMILES string of the molecule is O=C(OCc1cscn1)c1c2c(nc3ccccc13)/C(=C\c1ccc3c(c1)OCO3)CC2. The molecule has 4 aromatic rings. The van der Waals surface area contributed by atoms with Gasteiger partial charge in [-0.1, -0.05) is 24.3 Å². The van der Waals surface area contributed by atoms with E-state index in [-0.39, 0.29) is 19.4 Å². The van der Waals surface area contributed by atoms with Crippen LogP contribution in [-0.2, 0) is 17.8 Å². The van der Waals surface area contributed by atoms with E-state index in [1.807, 2.05) is 47.8 Å². The van der Waals surface area contributed by atoms with Gasteiger partial charge in [0.2, 0.25) is 6.79 Å². The zero-order chi connectivity index (χ0) is 21.5. The molecule has 1 aliphatic carbocycles. The number of allylic oxidation sites excluding steroid dienone is 1. The van der Waals surface area contributed by atoms with Gasteiger partial charge in [-0.2, -0.15) is 0 Å². The Labute approximate surface area is 188 Å². The van der Waals surface area contributed by atoms with Crippen molar-refractivity contribution in [3.63, 3.8) is 0 Å². The number of benzene rings is 2. The van der Waals surface area contributed by atoms with Crippen LogP contribution >= 0.6 is 11.3 Å². The van der Waals surface area contributed by atoms with Crippen LogP contribution in [0.25, 0.3) is 22.6 Å². The van der Waals surface area contributed by atoms with Crippen molar-refractivity contribution in [2.45, 2.75) is 19.4 Å². The zero-order valence-corrected chi connectivity index (χ0v) is 17.9. The van der Waals surface area contributed by atoms with Crippen LogP contribution < -0.4 is 9.47 Å². The molecule has 2 aromatic heterocycles. The molecule has 6 nitrogen and oxygen atoms in total. The summed E-state index contributed by atoms with van der Waals surface area (Å²) >= 11 is 1.48. The molecule has 32 heavy (non-hydrogen) atoms. The van der Waals surface area contributed by atoms with Gasteiger partial charge in [0.15, 0.2) is 11.5 Å². The van der Waals surface area contributed by atoms with E-state index in [9.17, 15) is 4.79 Å². The van der Waals surface area contributed by atoms with Gasteiger partial charge in [0.25, 0.3) is 0 Å². The summed E-state index contributed by atoms with van der Waals surface area (Å²) in [5, 5.41) is 2.70. The van der Waals surface area contributed by atoms with E-state index in [2.05, 4.69) is 11.1 Å². The van der Waals surface area contributed by atoms with Crippen molar-refractivity contribution in [2.24, 2.45) is 0 Å². The molecule has 0 saturated carbocycles. The smallest absolute Gasteiger partial charge is 0.339 e. The van der Waals surface area contributed by atoms with Crippen LogP contribution in [0, 0.1) is 0 Å². The molecule has 0 amide bonds. The fraction of sp³-hybridized carbons (Fsp3) is 0.160. The zero-order valence-electron chi connectivity index (χ0n) is 17.0. The second kappa shape index (κ2) is 7.76. The third-order valence-electron chi connectivity index (χ3n) is 5.72. The quantitative estimate of drug-likeness (QED) is 0.401. The molecular formula is C25H18N2O4S. The van der Waals surface area contributed by atoms with Gasteiger partial charge in [0.05, 0.1) is 28.0 Å². The number of nitrogens with zero attached hydrogens (tertiary/aromatic N) is 2. The van der Waals surface area contributed by atoms with Crippen LogP contribution in [0.3, 0.4) is 0 Å². The Hall–Kier alpha value is -3.71. The fourth-order valence-corrected chi connectivity index (χ4v) is 4.78. The Bertz CT molecular complexity index is 1380. The average Bonchev–Trinajstić information content (AvgIpc) is 3.57. The highest BCUT2D eigenvalue weighted by Crippen LogP contribution is 2.39. The molecule has 0 bridgehead atoms. The number of rotatable bonds is 4. The molecule has 0 atom stereocenters. The van der Waals surface area contributed by atoms with Crippen molar-refractivity contribution in [2.75, 3.05) is 6.79 Å². The lowest BCUT2D eigenvalue weighted by Crippen LogP contribution is -2.10. The minimum Gasteiger partial charge on any atom is -0.456 e. The standard InChI is InChI=1S/C25H18N2O4S/c28-25(29-11-17-12-32-13-26-17)23-18-3-1-2-4-20(18)27-24-16(6-7-19(23)24)9-15-5-8-21-22(10-15)31-14-30-21/h1-5,8-10,12-13H,6-7,11,14H2/b16-9-. The fourth-order valence-electron chi connectivity index (χ4n) is 4.24. The lowest BCUT2D eigenvalue weighted by atomic mass is 10.0. The molecular weight excluding hydrogens is 424 g/mol. The maximum atomic E-state index is 13.2. The highest BCUT2D eigenvalue weighted by molar-refractivity contribution is 7.07. The monoisotopic (exact) mass is 442 g/mol. The number of ether oxygens (including phenoxy) is 3. The highest BCUT2D eigenvalue weighted by atomic mass is 32.1. The number of hydrogen-bond acceptors (Lipinski definition) is 7. The van der Waals surface area contributed by atoms with Crippen LogP contribution in [0.2, 0.25) is 0 Å². The topological polar surface area (TPSA) is 70.5 Å². The third-order valence-corrected chi connectivity index (χ3v) is 6.35. The number of aromatic nitrogens is 2. The van der Waals surface area contributed by atoms with E-state index in [1.54, 1.807) is 5.51 Å². The number of carbonyl (C=O) groups excluding carboxylic acids is 1.